The Bertz CT molecular complexity index is 257. The van der Waals surface area contributed by atoms with Gasteiger partial charge in [0.25, 0.3) is 0 Å². The third-order valence-corrected chi connectivity index (χ3v) is 3.46. The lowest BCUT2D eigenvalue weighted by molar-refractivity contribution is -0.116. The average Bonchev–Trinajstić information content (AvgIpc) is 2.47. The third-order valence-electron chi connectivity index (χ3n) is 3.46. The average molecular weight is 179 g/mol. The number of allylic oxidation sites excluding steroid dienone is 1. The van der Waals surface area contributed by atoms with Crippen molar-refractivity contribution in [2.24, 2.45) is 5.92 Å². The van der Waals surface area contributed by atoms with Crippen molar-refractivity contribution >= 4 is 5.78 Å². The highest BCUT2D eigenvalue weighted by Gasteiger charge is 2.37. The molecule has 1 aliphatic heterocycles. The van der Waals surface area contributed by atoms with E-state index in [4.69, 9.17) is 0 Å². The lowest BCUT2D eigenvalue weighted by Crippen LogP contribution is -2.34. The summed E-state index contributed by atoms with van der Waals surface area (Å²) in [5.41, 5.74) is 1.38. The Hall–Kier alpha value is -0.630. The van der Waals surface area contributed by atoms with Crippen LogP contribution in [0.4, 0.5) is 0 Å². The van der Waals surface area contributed by atoms with Crippen LogP contribution in [0.5, 0.6) is 0 Å². The first-order valence-electron chi connectivity index (χ1n) is 5.16. The molecule has 0 aromatic heterocycles. The molecule has 0 amide bonds. The highest BCUT2D eigenvalue weighted by Crippen LogP contribution is 2.36. The van der Waals surface area contributed by atoms with E-state index in [1.807, 2.05) is 6.08 Å². The van der Waals surface area contributed by atoms with Crippen LogP contribution in [0.15, 0.2) is 11.6 Å². The predicted molar refractivity (Wildman–Crippen MR) is 52.5 cm³/mol. The standard InChI is InChI=1S/C11H17NO/c1-3-8-6-9(13)7-11-10(8)4-5-12(11)2/h6,10-11H,3-5,7H2,1-2H3. The molecule has 2 heteroatoms. The lowest BCUT2D eigenvalue weighted by Gasteiger charge is -2.29. The van der Waals surface area contributed by atoms with Gasteiger partial charge in [0.2, 0.25) is 0 Å². The summed E-state index contributed by atoms with van der Waals surface area (Å²) in [6.45, 7) is 3.31. The van der Waals surface area contributed by atoms with Gasteiger partial charge in [0.05, 0.1) is 0 Å². The molecule has 1 fully saturated rings. The zero-order chi connectivity index (χ0) is 9.42. The second kappa shape index (κ2) is 3.26. The molecular weight excluding hydrogens is 162 g/mol. The number of rotatable bonds is 1. The number of hydrogen-bond acceptors (Lipinski definition) is 2. The van der Waals surface area contributed by atoms with Crippen LogP contribution in [-0.2, 0) is 4.79 Å². The van der Waals surface area contributed by atoms with Crippen LogP contribution < -0.4 is 0 Å². The zero-order valence-electron chi connectivity index (χ0n) is 8.42. The van der Waals surface area contributed by atoms with Crippen LogP contribution in [0, 0.1) is 5.92 Å². The van der Waals surface area contributed by atoms with Crippen LogP contribution in [0.1, 0.15) is 26.2 Å². The molecule has 2 nitrogen and oxygen atoms in total. The Balaban J connectivity index is 2.25. The lowest BCUT2D eigenvalue weighted by atomic mass is 9.82. The van der Waals surface area contributed by atoms with Gasteiger partial charge in [-0.3, -0.25) is 4.79 Å². The Morgan fingerprint density at radius 2 is 2.38 bits per heavy atom. The van der Waals surface area contributed by atoms with Gasteiger partial charge in [-0.2, -0.15) is 0 Å². The molecule has 0 aromatic carbocycles. The molecule has 0 bridgehead atoms. The molecule has 0 N–H and O–H groups in total. The summed E-state index contributed by atoms with van der Waals surface area (Å²) >= 11 is 0. The van der Waals surface area contributed by atoms with Gasteiger partial charge in [-0.05, 0) is 38.4 Å². The molecule has 0 saturated carbocycles. The maximum atomic E-state index is 11.4. The molecule has 0 aromatic rings. The van der Waals surface area contributed by atoms with E-state index in [-0.39, 0.29) is 0 Å². The summed E-state index contributed by atoms with van der Waals surface area (Å²) in [7, 11) is 2.14. The van der Waals surface area contributed by atoms with Gasteiger partial charge in [-0.15, -0.1) is 0 Å². The molecule has 0 radical (unpaired) electrons. The molecule has 1 aliphatic carbocycles. The van der Waals surface area contributed by atoms with Crippen LogP contribution in [0.3, 0.4) is 0 Å². The quantitative estimate of drug-likeness (QED) is 0.609. The number of hydrogen-bond donors (Lipinski definition) is 0. The molecular formula is C11H17NO. The largest absolute Gasteiger partial charge is 0.302 e. The van der Waals surface area contributed by atoms with Gasteiger partial charge < -0.3 is 4.90 Å². The van der Waals surface area contributed by atoms with Gasteiger partial charge in [0.15, 0.2) is 5.78 Å². The van der Waals surface area contributed by atoms with E-state index >= 15 is 0 Å². The molecule has 0 spiro atoms. The normalized spacial score (nSPS) is 34.6. The Kier molecular flexibility index (Phi) is 2.24. The molecule has 1 heterocycles. The molecule has 2 unspecified atom stereocenters. The van der Waals surface area contributed by atoms with Gasteiger partial charge in [0.1, 0.15) is 0 Å². The number of carbonyl (C=O) groups is 1. The number of likely N-dealkylation sites (tertiary alicyclic amines) is 1. The summed E-state index contributed by atoms with van der Waals surface area (Å²) in [5.74, 6) is 1.000. The fraction of sp³-hybridized carbons (Fsp3) is 0.727. The van der Waals surface area contributed by atoms with E-state index in [9.17, 15) is 4.79 Å². The third kappa shape index (κ3) is 1.44. The van der Waals surface area contributed by atoms with Crippen LogP contribution in [0.2, 0.25) is 0 Å². The van der Waals surface area contributed by atoms with Crippen molar-refractivity contribution in [1.29, 1.82) is 0 Å². The summed E-state index contributed by atoms with van der Waals surface area (Å²) in [6.07, 6.45) is 4.92. The van der Waals surface area contributed by atoms with E-state index in [1.165, 1.54) is 12.0 Å². The van der Waals surface area contributed by atoms with E-state index in [1.54, 1.807) is 0 Å². The summed E-state index contributed by atoms with van der Waals surface area (Å²) in [5, 5.41) is 0. The van der Waals surface area contributed by atoms with Crippen molar-refractivity contribution in [2.45, 2.75) is 32.2 Å². The maximum Gasteiger partial charge on any atom is 0.157 e. The summed E-state index contributed by atoms with van der Waals surface area (Å²) in [4.78, 5) is 13.8. The monoisotopic (exact) mass is 179 g/mol. The smallest absolute Gasteiger partial charge is 0.157 e. The van der Waals surface area contributed by atoms with Crippen molar-refractivity contribution in [3.05, 3.63) is 11.6 Å². The van der Waals surface area contributed by atoms with Crippen LogP contribution in [0.25, 0.3) is 0 Å². The van der Waals surface area contributed by atoms with Gasteiger partial charge in [-0.25, -0.2) is 0 Å². The van der Waals surface area contributed by atoms with Crippen molar-refractivity contribution < 1.29 is 4.79 Å². The first kappa shape index (κ1) is 8.95. The highest BCUT2D eigenvalue weighted by atomic mass is 16.1. The zero-order valence-corrected chi connectivity index (χ0v) is 8.42. The predicted octanol–water partition coefficient (Wildman–Crippen LogP) is 1.62. The molecule has 13 heavy (non-hydrogen) atoms. The number of ketones is 1. The maximum absolute atomic E-state index is 11.4. The summed E-state index contributed by atoms with van der Waals surface area (Å²) < 4.78 is 0. The Morgan fingerprint density at radius 3 is 3.08 bits per heavy atom. The first-order valence-corrected chi connectivity index (χ1v) is 5.16. The second-order valence-corrected chi connectivity index (χ2v) is 4.19. The minimum atomic E-state index is 0.326. The van der Waals surface area contributed by atoms with Gasteiger partial charge in [-0.1, -0.05) is 12.5 Å². The van der Waals surface area contributed by atoms with Crippen LogP contribution in [-0.4, -0.2) is 30.3 Å². The number of fused-ring (bicyclic) bond motifs is 1. The first-order chi connectivity index (χ1) is 6.22. The molecule has 2 atom stereocenters. The van der Waals surface area contributed by atoms with Gasteiger partial charge in [0, 0.05) is 12.5 Å². The fourth-order valence-corrected chi connectivity index (χ4v) is 2.68. The second-order valence-electron chi connectivity index (χ2n) is 4.19. The SMILES string of the molecule is CCC1=CC(=O)CC2C1CCN2C. The molecule has 2 aliphatic rings. The van der Waals surface area contributed by atoms with Crippen molar-refractivity contribution in [2.75, 3.05) is 13.6 Å². The Morgan fingerprint density at radius 1 is 1.62 bits per heavy atom. The van der Waals surface area contributed by atoms with Crippen molar-refractivity contribution in [3.63, 3.8) is 0 Å². The van der Waals surface area contributed by atoms with E-state index in [0.717, 1.165) is 19.4 Å². The molecule has 1 saturated heterocycles. The van der Waals surface area contributed by atoms with E-state index in [2.05, 4.69) is 18.9 Å². The number of nitrogens with zero attached hydrogens (tertiary/aromatic N) is 1. The minimum Gasteiger partial charge on any atom is -0.302 e. The Labute approximate surface area is 79.6 Å². The topological polar surface area (TPSA) is 20.3 Å². The highest BCUT2D eigenvalue weighted by molar-refractivity contribution is 5.92. The fourth-order valence-electron chi connectivity index (χ4n) is 2.68. The molecule has 2 rings (SSSR count). The van der Waals surface area contributed by atoms with Gasteiger partial charge >= 0.3 is 0 Å². The van der Waals surface area contributed by atoms with Crippen LogP contribution >= 0.6 is 0 Å². The van der Waals surface area contributed by atoms with E-state index in [0.29, 0.717) is 17.7 Å². The van der Waals surface area contributed by atoms with Crippen molar-refractivity contribution in [1.82, 2.24) is 4.90 Å². The van der Waals surface area contributed by atoms with Crippen molar-refractivity contribution in [3.8, 4) is 0 Å². The summed E-state index contributed by atoms with van der Waals surface area (Å²) in [6, 6.07) is 0.507. The number of carbonyl (C=O) groups excluding carboxylic acids is 1. The minimum absolute atomic E-state index is 0.326. The van der Waals surface area contributed by atoms with E-state index < -0.39 is 0 Å². The molecule has 72 valence electrons.